The summed E-state index contributed by atoms with van der Waals surface area (Å²) in [4.78, 5) is 119. The maximum atomic E-state index is 14.2. The van der Waals surface area contributed by atoms with E-state index in [0.29, 0.717) is 207 Å². The van der Waals surface area contributed by atoms with Crippen LogP contribution in [-0.4, -0.2) is 240 Å². The highest BCUT2D eigenvalue weighted by molar-refractivity contribution is 6.11. The van der Waals surface area contributed by atoms with E-state index in [1.165, 1.54) is 14.2 Å². The van der Waals surface area contributed by atoms with Crippen LogP contribution in [0, 0.1) is 17.8 Å². The minimum atomic E-state index is -0.946. The third kappa shape index (κ3) is 25.2. The number of carbonyl (C=O) groups is 8. The minimum Gasteiger partial charge on any atom is -0.493 e. The van der Waals surface area contributed by atoms with Gasteiger partial charge in [-0.15, -0.1) is 0 Å². The molecule has 5 aliphatic heterocycles. The largest absolute Gasteiger partial charge is 0.493 e. The Morgan fingerprint density at radius 3 is 1.60 bits per heavy atom. The van der Waals surface area contributed by atoms with Gasteiger partial charge in [0.2, 0.25) is 30.4 Å². The molecule has 1 fully saturated rings. The number of nitrogens with one attached hydrogen (secondary N) is 4. The van der Waals surface area contributed by atoms with E-state index in [9.17, 15) is 38.4 Å². The molecule has 4 aromatic rings. The first-order valence-electron chi connectivity index (χ1n) is 40.0. The van der Waals surface area contributed by atoms with Crippen molar-refractivity contribution in [1.29, 1.82) is 0 Å². The van der Waals surface area contributed by atoms with Crippen molar-refractivity contribution in [3.8, 4) is 34.5 Å². The molecule has 3 unspecified atom stereocenters. The molecular formula is C87H106N8O22. The highest BCUT2D eigenvalue weighted by Gasteiger charge is 2.42. The molecule has 30 heteroatoms. The van der Waals surface area contributed by atoms with Crippen LogP contribution in [0.25, 0.3) is 11.1 Å². The van der Waals surface area contributed by atoms with Crippen LogP contribution >= 0.6 is 0 Å². The second-order valence-corrected chi connectivity index (χ2v) is 28.8. The fourth-order valence-corrected chi connectivity index (χ4v) is 13.9. The van der Waals surface area contributed by atoms with E-state index in [1.54, 1.807) is 79.4 Å². The van der Waals surface area contributed by atoms with Crippen molar-refractivity contribution in [3.05, 3.63) is 149 Å². The summed E-state index contributed by atoms with van der Waals surface area (Å²) in [5.41, 5.74) is 6.62. The number of hydrogen-bond donors (Lipinski definition) is 4. The number of hydrogen-bond acceptors (Lipinski definition) is 24. The van der Waals surface area contributed by atoms with E-state index in [1.807, 2.05) is 85.3 Å². The molecule has 6 amide bonds. The van der Waals surface area contributed by atoms with Crippen molar-refractivity contribution in [1.82, 2.24) is 25.8 Å². The number of ketones is 2. The number of anilines is 1. The summed E-state index contributed by atoms with van der Waals surface area (Å²) in [6, 6.07) is 17.1. The molecule has 6 atom stereocenters. The van der Waals surface area contributed by atoms with Crippen molar-refractivity contribution < 1.29 is 105 Å². The number of allylic oxidation sites excluding steroid dienone is 8. The fraction of sp³-hybridized carbons (Fsp3) is 0.471. The Bertz CT molecular complexity index is 4380. The molecule has 2 aliphatic carbocycles. The first kappa shape index (κ1) is 87.1. The van der Waals surface area contributed by atoms with Crippen molar-refractivity contribution in [2.45, 2.75) is 103 Å². The van der Waals surface area contributed by atoms with E-state index >= 15 is 0 Å². The molecule has 1 saturated carbocycles. The minimum absolute atomic E-state index is 0.0108. The predicted molar refractivity (Wildman–Crippen MR) is 435 cm³/mol. The number of fused-ring (bicyclic) bond motifs is 5. The average molecular weight is 1620 g/mol. The van der Waals surface area contributed by atoms with Gasteiger partial charge in [0.15, 0.2) is 40.3 Å². The summed E-state index contributed by atoms with van der Waals surface area (Å²) in [5, 5.41) is 11.2. The van der Waals surface area contributed by atoms with Crippen LogP contribution in [0.1, 0.15) is 110 Å². The van der Waals surface area contributed by atoms with E-state index < -0.39 is 35.7 Å². The number of benzene rings is 4. The van der Waals surface area contributed by atoms with Crippen LogP contribution < -0.4 is 49.7 Å². The zero-order chi connectivity index (χ0) is 82.3. The van der Waals surface area contributed by atoms with Crippen LogP contribution in [0.4, 0.5) is 17.1 Å². The van der Waals surface area contributed by atoms with Gasteiger partial charge in [0.05, 0.1) is 180 Å². The van der Waals surface area contributed by atoms with Crippen molar-refractivity contribution in [2.24, 2.45) is 27.7 Å². The Hall–Kier alpha value is -10.7. The molecule has 626 valence electrons. The van der Waals surface area contributed by atoms with E-state index in [0.717, 1.165) is 27.8 Å². The van der Waals surface area contributed by atoms with Gasteiger partial charge in [-0.2, -0.15) is 0 Å². The quantitative estimate of drug-likeness (QED) is 0.0236. The number of carbonyl (C=O) groups excluding carboxylic acids is 8. The number of nitrogens with zero attached hydrogens (tertiary/aromatic N) is 4. The molecule has 4 aromatic carbocycles. The lowest BCUT2D eigenvalue weighted by Gasteiger charge is -2.24. The predicted octanol–water partition coefficient (Wildman–Crippen LogP) is 9.39. The molecular weight excluding hydrogens is 1510 g/mol. The highest BCUT2D eigenvalue weighted by Crippen LogP contribution is 2.44. The summed E-state index contributed by atoms with van der Waals surface area (Å²) in [6.45, 7) is 11.9. The lowest BCUT2D eigenvalue weighted by atomic mass is 9.91. The highest BCUT2D eigenvalue weighted by atomic mass is 16.7. The van der Waals surface area contributed by atoms with E-state index in [2.05, 4.69) is 21.3 Å². The number of amides is 6. The molecule has 30 nitrogen and oxygen atoms in total. The average Bonchev–Trinajstić information content (AvgIpc) is 1.65. The van der Waals surface area contributed by atoms with Crippen LogP contribution in [0.15, 0.2) is 137 Å². The summed E-state index contributed by atoms with van der Waals surface area (Å²) in [6.07, 6.45) is 24.2. The van der Waals surface area contributed by atoms with Gasteiger partial charge in [-0.05, 0) is 89.9 Å². The summed E-state index contributed by atoms with van der Waals surface area (Å²) in [5.74, 6) is -0.293. The molecule has 0 spiro atoms. The molecule has 0 radical (unpaired) electrons. The molecule has 7 aliphatic rings. The molecule has 0 saturated heterocycles. The van der Waals surface area contributed by atoms with Crippen molar-refractivity contribution >= 4 is 87.6 Å². The van der Waals surface area contributed by atoms with Crippen molar-refractivity contribution in [3.63, 3.8) is 0 Å². The van der Waals surface area contributed by atoms with Gasteiger partial charge in [0, 0.05) is 87.7 Å². The summed E-state index contributed by atoms with van der Waals surface area (Å²) >= 11 is 0. The number of aliphatic imine (C=N–C) groups is 2. The zero-order valence-electron chi connectivity index (χ0n) is 67.0. The van der Waals surface area contributed by atoms with Gasteiger partial charge in [-0.3, -0.25) is 48.3 Å². The SMILES string of the molecule is COc1cc2c(cc1OCCCOc1cc3c(cc1OC)C(=O)N1C=C(c4ccc5c(c4)OCO5)C[C@H]1C=N3)N=C[C@@H]1CC(c3ccc(NC(=O)[C@H](C)NC(=O)C(NC(=O)CCOCCOCCOCCOCCOCCOCCOCCOCCNC(=O)CCCCC4C(=O)CC(C5=C/C=C\C=C/C=C5)C4=O)C(C)C)cc3)=CN1C2=O. The number of rotatable bonds is 49. The molecule has 5 heterocycles. The maximum Gasteiger partial charge on any atom is 0.260 e. The van der Waals surface area contributed by atoms with Gasteiger partial charge in [-0.25, -0.2) is 0 Å². The van der Waals surface area contributed by atoms with Crippen LogP contribution in [0.3, 0.4) is 0 Å². The standard InChI is InChI=1S/C87H106N8O22/c1-57(2)82(93-81(98)24-28-106-30-32-108-34-36-110-38-40-112-42-43-113-41-39-111-37-35-109-33-31-107-29-25-88-80(97)17-12-11-16-67-73(96)47-68(83(67)99)60-14-9-7-6-8-10-15-60)85(101)91-58(3)84(100)92-64-21-18-59(19-22-64)62-44-65-52-89-71-50-78(75(104-4)48-69(71)86(102)94(65)54-62)114-26-13-27-115-79-51-72-70(49-76(79)105-5)87(103)95-55-63(45-66(95)53-90-72)61-20-23-74-77(46-61)117-56-116-74/h6-10,14-15,18-23,46,48-55,57-58,65-68,82H,11-13,16-17,24-45,47,56H2,1-5H3,(H,88,97)(H,91,101)(H,92,100)(H,93,98)/b7-6-,8-6?,9-7?,10-8-,14-9?,15-10?,60-14?,60-15?/t58-,65-,66-,67?,68?,82?/m0/s1. The molecule has 4 N–H and O–H groups in total. The van der Waals surface area contributed by atoms with Crippen LogP contribution in [0.5, 0.6) is 34.5 Å². The number of ether oxygens (including phenoxy) is 14. The van der Waals surface area contributed by atoms with Crippen molar-refractivity contribution in [2.75, 3.05) is 152 Å². The fourth-order valence-electron chi connectivity index (χ4n) is 13.9. The lowest BCUT2D eigenvalue weighted by Crippen LogP contribution is -2.53. The summed E-state index contributed by atoms with van der Waals surface area (Å²) < 4.78 is 79.3. The number of Topliss-reactive ketones (excluding diaryl/α,β-unsaturated/α-hetero) is 2. The molecule has 11 rings (SSSR count). The van der Waals surface area contributed by atoms with Crippen LogP contribution in [-0.2, 0) is 66.7 Å². The van der Waals surface area contributed by atoms with E-state index in [-0.39, 0.29) is 99.3 Å². The van der Waals surface area contributed by atoms with E-state index in [4.69, 9.17) is 76.3 Å². The zero-order valence-corrected chi connectivity index (χ0v) is 67.0. The van der Waals surface area contributed by atoms with Crippen LogP contribution in [0.2, 0.25) is 0 Å². The third-order valence-corrected chi connectivity index (χ3v) is 20.2. The van der Waals surface area contributed by atoms with Gasteiger partial charge < -0.3 is 97.4 Å². The number of unbranched alkanes of at least 4 members (excludes halogenated alkanes) is 1. The Morgan fingerprint density at radius 2 is 1.03 bits per heavy atom. The van der Waals surface area contributed by atoms with Gasteiger partial charge in [-0.1, -0.05) is 81.0 Å². The smallest absolute Gasteiger partial charge is 0.260 e. The monoisotopic (exact) mass is 1610 g/mol. The second-order valence-electron chi connectivity index (χ2n) is 28.8. The summed E-state index contributed by atoms with van der Waals surface area (Å²) in [7, 11) is 3.02. The first-order chi connectivity index (χ1) is 57.0. The first-order valence-corrected chi connectivity index (χ1v) is 40.0. The lowest BCUT2D eigenvalue weighted by molar-refractivity contribution is -0.132. The Morgan fingerprint density at radius 1 is 0.513 bits per heavy atom. The van der Waals surface area contributed by atoms with Gasteiger partial charge >= 0.3 is 0 Å². The normalized spacial score (nSPS) is 18.6. The Labute approximate surface area is 681 Å². The topological polar surface area (TPSA) is 345 Å². The number of methoxy groups -OCH3 is 2. The Kier molecular flexibility index (Phi) is 33.6. The molecule has 0 aromatic heterocycles. The Balaban J connectivity index is 0.475. The van der Waals surface area contributed by atoms with Gasteiger partial charge in [0.1, 0.15) is 17.9 Å². The molecule has 117 heavy (non-hydrogen) atoms. The molecule has 0 bridgehead atoms. The maximum absolute atomic E-state index is 14.2. The second kappa shape index (κ2) is 45.1. The third-order valence-electron chi connectivity index (χ3n) is 20.2. The van der Waals surface area contributed by atoms with Gasteiger partial charge in [0.25, 0.3) is 11.8 Å².